The summed E-state index contributed by atoms with van der Waals surface area (Å²) < 4.78 is 22.8. The Hall–Kier alpha value is -3.26. The van der Waals surface area contributed by atoms with Gasteiger partial charge in [-0.1, -0.05) is 0 Å². The molecule has 2 saturated heterocycles. The van der Waals surface area contributed by atoms with Crippen molar-refractivity contribution < 1.29 is 33.3 Å². The van der Waals surface area contributed by atoms with Crippen molar-refractivity contribution in [2.75, 3.05) is 26.4 Å². The molecule has 8 nitrogen and oxygen atoms in total. The summed E-state index contributed by atoms with van der Waals surface area (Å²) in [6.07, 6.45) is 1.55. The molecule has 176 valence electrons. The maximum absolute atomic E-state index is 13.2. The van der Waals surface area contributed by atoms with Gasteiger partial charge in [0.2, 0.25) is 0 Å². The van der Waals surface area contributed by atoms with Crippen LogP contribution in [0, 0.1) is 6.92 Å². The van der Waals surface area contributed by atoms with E-state index in [9.17, 15) is 14.7 Å². The van der Waals surface area contributed by atoms with Gasteiger partial charge < -0.3 is 28.6 Å². The Morgan fingerprint density at radius 2 is 1.94 bits per heavy atom. The minimum Gasteiger partial charge on any atom is -0.507 e. The van der Waals surface area contributed by atoms with E-state index < -0.39 is 17.7 Å². The third-order valence-corrected chi connectivity index (χ3v) is 5.81. The Labute approximate surface area is 192 Å². The van der Waals surface area contributed by atoms with Gasteiger partial charge in [-0.25, -0.2) is 0 Å². The van der Waals surface area contributed by atoms with Gasteiger partial charge in [0.25, 0.3) is 11.7 Å². The Kier molecular flexibility index (Phi) is 6.74. The summed E-state index contributed by atoms with van der Waals surface area (Å²) in [6, 6.07) is 7.62. The molecule has 2 atom stereocenters. The molecule has 0 radical (unpaired) electrons. The van der Waals surface area contributed by atoms with Gasteiger partial charge in [0.05, 0.1) is 30.5 Å². The Bertz CT molecular complexity index is 1060. The number of likely N-dealkylation sites (tertiary alicyclic amines) is 1. The number of carbonyl (C=O) groups excluding carboxylic acids is 2. The SMILES string of the molecule is CCOc1ccc(/C(O)=C2/C(=O)C(=O)N(CC3CCCO3)C2c2ccc(C)o2)c(OCC)c1. The number of aryl methyl sites for hydroxylation is 1. The highest BCUT2D eigenvalue weighted by atomic mass is 16.5. The molecular formula is C25H29NO7. The van der Waals surface area contributed by atoms with Crippen molar-refractivity contribution in [3.63, 3.8) is 0 Å². The molecule has 1 aromatic carbocycles. The summed E-state index contributed by atoms with van der Waals surface area (Å²) in [6.45, 7) is 7.18. The lowest BCUT2D eigenvalue weighted by Gasteiger charge is -2.25. The molecule has 0 bridgehead atoms. The number of rotatable bonds is 8. The molecule has 8 heteroatoms. The van der Waals surface area contributed by atoms with Crippen LogP contribution in [0.2, 0.25) is 0 Å². The van der Waals surface area contributed by atoms with Crippen LogP contribution in [0.5, 0.6) is 11.5 Å². The van der Waals surface area contributed by atoms with Crippen molar-refractivity contribution in [3.05, 3.63) is 53.0 Å². The van der Waals surface area contributed by atoms with E-state index in [1.165, 1.54) is 4.90 Å². The number of furan rings is 1. The summed E-state index contributed by atoms with van der Waals surface area (Å²) in [5.74, 6) is 0.235. The van der Waals surface area contributed by atoms with E-state index in [4.69, 9.17) is 18.6 Å². The number of ether oxygens (including phenoxy) is 3. The summed E-state index contributed by atoms with van der Waals surface area (Å²) in [5, 5.41) is 11.3. The first-order valence-corrected chi connectivity index (χ1v) is 11.3. The first-order chi connectivity index (χ1) is 15.9. The minimum atomic E-state index is -0.857. The average molecular weight is 456 g/mol. The average Bonchev–Trinajstić information content (AvgIpc) is 3.51. The van der Waals surface area contributed by atoms with Gasteiger partial charge in [0.1, 0.15) is 34.8 Å². The van der Waals surface area contributed by atoms with E-state index in [1.54, 1.807) is 37.3 Å². The third kappa shape index (κ3) is 4.48. The van der Waals surface area contributed by atoms with E-state index in [-0.39, 0.29) is 24.0 Å². The minimum absolute atomic E-state index is 0.0301. The van der Waals surface area contributed by atoms with Gasteiger partial charge in [-0.3, -0.25) is 9.59 Å². The molecular weight excluding hydrogens is 426 g/mol. The summed E-state index contributed by atoms with van der Waals surface area (Å²) >= 11 is 0. The van der Waals surface area contributed by atoms with E-state index in [2.05, 4.69) is 0 Å². The maximum atomic E-state index is 13.2. The first kappa shape index (κ1) is 22.9. The number of hydrogen-bond donors (Lipinski definition) is 1. The Morgan fingerprint density at radius 1 is 1.15 bits per heavy atom. The number of aliphatic hydroxyl groups excluding tert-OH is 1. The largest absolute Gasteiger partial charge is 0.507 e. The zero-order valence-electron chi connectivity index (χ0n) is 19.1. The highest BCUT2D eigenvalue weighted by Crippen LogP contribution is 2.42. The number of amides is 1. The van der Waals surface area contributed by atoms with E-state index in [0.29, 0.717) is 48.4 Å². The number of aliphatic hydroxyl groups is 1. The molecule has 2 aliphatic heterocycles. The third-order valence-electron chi connectivity index (χ3n) is 5.81. The topological polar surface area (TPSA) is 98.4 Å². The fourth-order valence-corrected chi connectivity index (χ4v) is 4.35. The molecule has 2 unspecified atom stereocenters. The van der Waals surface area contributed by atoms with Crippen molar-refractivity contribution in [3.8, 4) is 11.5 Å². The molecule has 1 N–H and O–H groups in total. The second kappa shape index (κ2) is 9.70. The molecule has 2 aliphatic rings. The number of hydrogen-bond acceptors (Lipinski definition) is 7. The van der Waals surface area contributed by atoms with Crippen LogP contribution in [-0.2, 0) is 14.3 Å². The van der Waals surface area contributed by atoms with Crippen LogP contribution in [-0.4, -0.2) is 54.2 Å². The predicted molar refractivity (Wildman–Crippen MR) is 120 cm³/mol. The molecule has 4 rings (SSSR count). The molecule has 1 amide bonds. The van der Waals surface area contributed by atoms with Crippen LogP contribution in [0.25, 0.3) is 5.76 Å². The Morgan fingerprint density at radius 3 is 2.58 bits per heavy atom. The maximum Gasteiger partial charge on any atom is 0.295 e. The molecule has 0 aliphatic carbocycles. The first-order valence-electron chi connectivity index (χ1n) is 11.3. The quantitative estimate of drug-likeness (QED) is 0.365. The molecule has 0 saturated carbocycles. The van der Waals surface area contributed by atoms with Crippen molar-refractivity contribution in [1.29, 1.82) is 0 Å². The highest BCUT2D eigenvalue weighted by Gasteiger charge is 2.48. The number of Topliss-reactive ketones (excluding diaryl/α,β-unsaturated/α-hetero) is 1. The van der Waals surface area contributed by atoms with Crippen LogP contribution in [0.4, 0.5) is 0 Å². The molecule has 1 aromatic heterocycles. The molecule has 0 spiro atoms. The molecule has 3 heterocycles. The van der Waals surface area contributed by atoms with Gasteiger partial charge in [-0.2, -0.15) is 0 Å². The second-order valence-corrected chi connectivity index (χ2v) is 8.06. The zero-order chi connectivity index (χ0) is 23.5. The van der Waals surface area contributed by atoms with Crippen molar-refractivity contribution in [2.45, 2.75) is 45.8 Å². The zero-order valence-corrected chi connectivity index (χ0v) is 19.1. The van der Waals surface area contributed by atoms with Gasteiger partial charge >= 0.3 is 0 Å². The summed E-state index contributed by atoms with van der Waals surface area (Å²) in [7, 11) is 0. The van der Waals surface area contributed by atoms with E-state index in [0.717, 1.165) is 12.8 Å². The highest BCUT2D eigenvalue weighted by molar-refractivity contribution is 6.46. The lowest BCUT2D eigenvalue weighted by Crippen LogP contribution is -2.36. The van der Waals surface area contributed by atoms with E-state index in [1.807, 2.05) is 13.8 Å². The van der Waals surface area contributed by atoms with Gasteiger partial charge in [-0.05, 0) is 57.9 Å². The summed E-state index contributed by atoms with van der Waals surface area (Å²) in [5.41, 5.74) is 0.279. The molecule has 33 heavy (non-hydrogen) atoms. The number of nitrogens with zero attached hydrogens (tertiary/aromatic N) is 1. The summed E-state index contributed by atoms with van der Waals surface area (Å²) in [4.78, 5) is 27.7. The lowest BCUT2D eigenvalue weighted by atomic mass is 9.98. The fourth-order valence-electron chi connectivity index (χ4n) is 4.35. The van der Waals surface area contributed by atoms with Crippen molar-refractivity contribution in [2.24, 2.45) is 0 Å². The lowest BCUT2D eigenvalue weighted by molar-refractivity contribution is -0.141. The van der Waals surface area contributed by atoms with Crippen LogP contribution in [0.3, 0.4) is 0 Å². The van der Waals surface area contributed by atoms with E-state index >= 15 is 0 Å². The van der Waals surface area contributed by atoms with Crippen LogP contribution < -0.4 is 9.47 Å². The van der Waals surface area contributed by atoms with Crippen molar-refractivity contribution in [1.82, 2.24) is 4.90 Å². The van der Waals surface area contributed by atoms with Crippen LogP contribution in [0.15, 0.2) is 40.3 Å². The monoisotopic (exact) mass is 455 g/mol. The van der Waals surface area contributed by atoms with Crippen LogP contribution >= 0.6 is 0 Å². The van der Waals surface area contributed by atoms with Crippen LogP contribution in [0.1, 0.15) is 49.8 Å². The van der Waals surface area contributed by atoms with Gasteiger partial charge in [-0.15, -0.1) is 0 Å². The van der Waals surface area contributed by atoms with Gasteiger partial charge in [0, 0.05) is 19.2 Å². The predicted octanol–water partition coefficient (Wildman–Crippen LogP) is 3.99. The molecule has 2 fully saturated rings. The Balaban J connectivity index is 1.82. The number of ketones is 1. The smallest absolute Gasteiger partial charge is 0.295 e. The normalized spacial score (nSPS) is 22.2. The van der Waals surface area contributed by atoms with Gasteiger partial charge in [0.15, 0.2) is 0 Å². The number of benzene rings is 1. The van der Waals surface area contributed by atoms with Crippen molar-refractivity contribution >= 4 is 17.4 Å². The standard InChI is InChI=1S/C25H29NO7/c1-4-30-16-9-10-18(20(13-16)31-5-2)23(27)21-22(19-11-8-15(3)33-19)26(25(29)24(21)28)14-17-7-6-12-32-17/h8-11,13,17,22,27H,4-7,12,14H2,1-3H3/b23-21-. The number of carbonyl (C=O) groups is 2. The fraction of sp³-hybridized carbons (Fsp3) is 0.440. The second-order valence-electron chi connectivity index (χ2n) is 8.06. The molecule has 2 aromatic rings.